The Labute approximate surface area is 174 Å². The van der Waals surface area contributed by atoms with Gasteiger partial charge in [-0.25, -0.2) is 0 Å². The first-order valence-corrected chi connectivity index (χ1v) is 11.9. The fourth-order valence-electron chi connectivity index (χ4n) is 9.89. The minimum absolute atomic E-state index is 0.116. The Morgan fingerprint density at radius 3 is 2.69 bits per heavy atom. The number of carboxylic acid groups (broad SMARTS) is 1. The van der Waals surface area contributed by atoms with E-state index in [1.165, 1.54) is 25.7 Å². The van der Waals surface area contributed by atoms with Crippen LogP contribution in [0.15, 0.2) is 11.6 Å². The number of methoxy groups -OCH3 is 1. The molecule has 4 nitrogen and oxygen atoms in total. The molecule has 2 N–H and O–H groups in total. The Morgan fingerprint density at radius 2 is 1.97 bits per heavy atom. The minimum Gasteiger partial charge on any atom is -0.481 e. The van der Waals surface area contributed by atoms with Gasteiger partial charge in [0, 0.05) is 18.9 Å². The quantitative estimate of drug-likeness (QED) is 0.692. The van der Waals surface area contributed by atoms with E-state index in [2.05, 4.69) is 19.9 Å². The SMILES string of the molecule is COC1(CCC(=O)O)C2CC2C2C3C4CC4C4=CC(O)CCC4(C)C3CCC21C. The van der Waals surface area contributed by atoms with E-state index in [1.54, 1.807) is 5.57 Å². The van der Waals surface area contributed by atoms with Gasteiger partial charge in [0.25, 0.3) is 0 Å². The van der Waals surface area contributed by atoms with Gasteiger partial charge in [-0.05, 0) is 91.8 Å². The maximum absolute atomic E-state index is 11.4. The van der Waals surface area contributed by atoms with E-state index in [0.29, 0.717) is 24.2 Å². The summed E-state index contributed by atoms with van der Waals surface area (Å²) < 4.78 is 6.34. The van der Waals surface area contributed by atoms with Crippen LogP contribution in [0.4, 0.5) is 0 Å². The van der Waals surface area contributed by atoms with E-state index >= 15 is 0 Å². The number of carbonyl (C=O) groups is 1. The zero-order chi connectivity index (χ0) is 20.3. The number of ether oxygens (including phenoxy) is 1. The van der Waals surface area contributed by atoms with Crippen molar-refractivity contribution < 1.29 is 19.7 Å². The van der Waals surface area contributed by atoms with Crippen LogP contribution in [0, 0.1) is 52.3 Å². The fraction of sp³-hybridized carbons (Fsp3) is 0.880. The molecule has 160 valence electrons. The van der Waals surface area contributed by atoms with Crippen molar-refractivity contribution in [2.45, 2.75) is 76.9 Å². The standard InChI is InChI=1S/C25H36O4/c1-23-7-4-13(26)10-18(23)14-11-15(14)21-17(23)5-8-24(2)22(21)16-12-19(16)25(24,29-3)9-6-20(27)28/h10,13-17,19,21-22,26H,4-9,11-12H2,1-3H3,(H,27,28). The summed E-state index contributed by atoms with van der Waals surface area (Å²) in [4.78, 5) is 11.4. The number of carboxylic acids is 1. The number of allylic oxidation sites excluding steroid dienone is 1. The van der Waals surface area contributed by atoms with E-state index < -0.39 is 5.97 Å². The summed E-state index contributed by atoms with van der Waals surface area (Å²) in [6.45, 7) is 4.97. The smallest absolute Gasteiger partial charge is 0.303 e. The Hall–Kier alpha value is -0.870. The van der Waals surface area contributed by atoms with Crippen molar-refractivity contribution in [3.05, 3.63) is 11.6 Å². The third kappa shape index (κ3) is 2.16. The lowest BCUT2D eigenvalue weighted by Gasteiger charge is -2.61. The van der Waals surface area contributed by atoms with Crippen molar-refractivity contribution in [2.24, 2.45) is 52.3 Å². The highest BCUT2D eigenvalue weighted by atomic mass is 16.5. The van der Waals surface area contributed by atoms with E-state index in [4.69, 9.17) is 4.74 Å². The monoisotopic (exact) mass is 400 g/mol. The number of aliphatic carboxylic acids is 1. The number of fused-ring (bicyclic) bond motifs is 10. The Bertz CT molecular complexity index is 790. The predicted octanol–water partition coefficient (Wildman–Crippen LogP) is 4.27. The summed E-state index contributed by atoms with van der Waals surface area (Å²) >= 11 is 0. The molecule has 0 aliphatic heterocycles. The van der Waals surface area contributed by atoms with Crippen molar-refractivity contribution in [2.75, 3.05) is 7.11 Å². The lowest BCUT2D eigenvalue weighted by molar-refractivity contribution is -0.173. The van der Waals surface area contributed by atoms with Crippen LogP contribution < -0.4 is 0 Å². The first-order valence-electron chi connectivity index (χ1n) is 11.9. The van der Waals surface area contributed by atoms with Crippen LogP contribution in [0.2, 0.25) is 0 Å². The lowest BCUT2D eigenvalue weighted by Crippen LogP contribution is -2.58. The maximum atomic E-state index is 11.4. The number of aliphatic hydroxyl groups is 1. The second kappa shape index (κ2) is 5.68. The van der Waals surface area contributed by atoms with Crippen LogP contribution >= 0.6 is 0 Å². The number of hydrogen-bond donors (Lipinski definition) is 2. The summed E-state index contributed by atoms with van der Waals surface area (Å²) in [6.07, 6.45) is 9.91. The Balaban J connectivity index is 1.39. The molecule has 0 saturated heterocycles. The molecule has 0 spiro atoms. The molecule has 0 aromatic rings. The molecule has 6 aliphatic rings. The van der Waals surface area contributed by atoms with Crippen molar-refractivity contribution in [1.29, 1.82) is 0 Å². The molecule has 6 aliphatic carbocycles. The predicted molar refractivity (Wildman–Crippen MR) is 109 cm³/mol. The number of aliphatic hydroxyl groups excluding tert-OH is 1. The molecule has 0 bridgehead atoms. The van der Waals surface area contributed by atoms with Crippen LogP contribution in [-0.4, -0.2) is 35.0 Å². The molecule has 29 heavy (non-hydrogen) atoms. The lowest BCUT2D eigenvalue weighted by atomic mass is 9.45. The molecule has 0 amide bonds. The molecule has 4 heteroatoms. The largest absolute Gasteiger partial charge is 0.481 e. The number of rotatable bonds is 4. The number of hydrogen-bond acceptors (Lipinski definition) is 3. The van der Waals surface area contributed by atoms with E-state index in [1.807, 2.05) is 7.11 Å². The van der Waals surface area contributed by atoms with E-state index in [0.717, 1.165) is 36.5 Å². The first-order chi connectivity index (χ1) is 13.8. The highest BCUT2D eigenvalue weighted by Gasteiger charge is 2.79. The van der Waals surface area contributed by atoms with Crippen LogP contribution in [0.1, 0.15) is 65.2 Å². The van der Waals surface area contributed by atoms with Gasteiger partial charge in [0.15, 0.2) is 0 Å². The normalized spacial score (nSPS) is 58.8. The Kier molecular flexibility index (Phi) is 3.69. The van der Waals surface area contributed by atoms with Crippen molar-refractivity contribution >= 4 is 5.97 Å². The molecular weight excluding hydrogens is 364 g/mol. The molecule has 6 rings (SSSR count). The van der Waals surface area contributed by atoms with Crippen molar-refractivity contribution in [1.82, 2.24) is 0 Å². The fourth-order valence-corrected chi connectivity index (χ4v) is 9.89. The van der Waals surface area contributed by atoms with Gasteiger partial charge in [-0.1, -0.05) is 25.5 Å². The summed E-state index contributed by atoms with van der Waals surface area (Å²) in [5, 5.41) is 19.7. The summed E-state index contributed by atoms with van der Waals surface area (Å²) in [7, 11) is 1.85. The maximum Gasteiger partial charge on any atom is 0.303 e. The van der Waals surface area contributed by atoms with Gasteiger partial charge in [0.2, 0.25) is 0 Å². The molecule has 5 saturated carbocycles. The van der Waals surface area contributed by atoms with Crippen LogP contribution in [0.25, 0.3) is 0 Å². The van der Waals surface area contributed by atoms with Gasteiger partial charge in [-0.3, -0.25) is 4.79 Å². The van der Waals surface area contributed by atoms with E-state index in [9.17, 15) is 15.0 Å². The van der Waals surface area contributed by atoms with Gasteiger partial charge in [-0.2, -0.15) is 0 Å². The van der Waals surface area contributed by atoms with Gasteiger partial charge in [0.1, 0.15) is 0 Å². The second-order valence-electron chi connectivity index (χ2n) is 11.8. The highest BCUT2D eigenvalue weighted by Crippen LogP contribution is 2.81. The topological polar surface area (TPSA) is 66.8 Å². The van der Waals surface area contributed by atoms with Crippen molar-refractivity contribution in [3.63, 3.8) is 0 Å². The van der Waals surface area contributed by atoms with Crippen LogP contribution in [0.3, 0.4) is 0 Å². The van der Waals surface area contributed by atoms with Crippen molar-refractivity contribution in [3.8, 4) is 0 Å². The van der Waals surface area contributed by atoms with E-state index in [-0.39, 0.29) is 29.0 Å². The Morgan fingerprint density at radius 1 is 1.17 bits per heavy atom. The zero-order valence-electron chi connectivity index (χ0n) is 18.1. The molecular formula is C25H36O4. The molecule has 11 unspecified atom stereocenters. The second-order valence-corrected chi connectivity index (χ2v) is 11.8. The molecule has 0 aromatic carbocycles. The molecule has 11 atom stereocenters. The zero-order valence-corrected chi connectivity index (χ0v) is 18.1. The molecule has 0 aromatic heterocycles. The molecule has 0 heterocycles. The van der Waals surface area contributed by atoms with Gasteiger partial charge >= 0.3 is 5.97 Å². The summed E-state index contributed by atoms with van der Waals surface area (Å²) in [5.74, 6) is 4.31. The summed E-state index contributed by atoms with van der Waals surface area (Å²) in [6, 6.07) is 0. The average molecular weight is 401 g/mol. The molecule has 0 radical (unpaired) electrons. The first kappa shape index (κ1) is 18.9. The van der Waals surface area contributed by atoms with Gasteiger partial charge in [0.05, 0.1) is 11.7 Å². The van der Waals surface area contributed by atoms with Gasteiger partial charge < -0.3 is 14.9 Å². The summed E-state index contributed by atoms with van der Waals surface area (Å²) in [5.41, 5.74) is 1.74. The average Bonchev–Trinajstić information content (AvgIpc) is 3.58. The third-order valence-corrected chi connectivity index (χ3v) is 11.1. The highest BCUT2D eigenvalue weighted by molar-refractivity contribution is 5.66. The molecule has 5 fully saturated rings. The van der Waals surface area contributed by atoms with Gasteiger partial charge in [-0.15, -0.1) is 0 Å². The third-order valence-electron chi connectivity index (χ3n) is 11.1. The minimum atomic E-state index is -0.692. The van der Waals surface area contributed by atoms with Crippen LogP contribution in [-0.2, 0) is 9.53 Å². The van der Waals surface area contributed by atoms with Crippen LogP contribution in [0.5, 0.6) is 0 Å².